The standard InChI is InChI=1S/C11H10Cl2N2O5/c12-10(13)11(18)14-8(5-16)9(17)6-1-3-7(4-2-6)15(19)20/h1-4,8,10,16H,5H2,(H,14,18). The Labute approximate surface area is 123 Å². The van der Waals surface area contributed by atoms with Crippen LogP contribution in [0.5, 0.6) is 0 Å². The predicted octanol–water partition coefficient (Wildman–Crippen LogP) is 1.06. The summed E-state index contributed by atoms with van der Waals surface area (Å²) in [6.45, 7) is -0.651. The summed E-state index contributed by atoms with van der Waals surface area (Å²) in [5.74, 6) is -1.42. The number of amides is 1. The summed E-state index contributed by atoms with van der Waals surface area (Å²) in [4.78, 5) is 31.8. The molecule has 2 N–H and O–H groups in total. The number of nitrogens with zero attached hydrogens (tertiary/aromatic N) is 1. The SMILES string of the molecule is O=C(NC(CO)C(=O)c1ccc([N+](=O)[O-])cc1)C(Cl)Cl. The van der Waals surface area contributed by atoms with E-state index in [2.05, 4.69) is 5.32 Å². The van der Waals surface area contributed by atoms with Crippen LogP contribution >= 0.6 is 23.2 Å². The monoisotopic (exact) mass is 320 g/mol. The van der Waals surface area contributed by atoms with Crippen molar-refractivity contribution in [1.82, 2.24) is 5.32 Å². The highest BCUT2D eigenvalue weighted by atomic mass is 35.5. The van der Waals surface area contributed by atoms with Gasteiger partial charge < -0.3 is 10.4 Å². The van der Waals surface area contributed by atoms with Crippen molar-refractivity contribution in [3.8, 4) is 0 Å². The number of benzene rings is 1. The zero-order valence-electron chi connectivity index (χ0n) is 9.95. The van der Waals surface area contributed by atoms with E-state index in [9.17, 15) is 19.7 Å². The Bertz CT molecular complexity index is 518. The zero-order chi connectivity index (χ0) is 15.3. The molecule has 0 aromatic heterocycles. The molecule has 20 heavy (non-hydrogen) atoms. The Kier molecular flexibility index (Phi) is 5.87. The Morgan fingerprint density at radius 2 is 1.85 bits per heavy atom. The summed E-state index contributed by atoms with van der Waals surface area (Å²) >= 11 is 10.6. The minimum atomic E-state index is -1.37. The van der Waals surface area contributed by atoms with Crippen LogP contribution in [0, 0.1) is 10.1 Å². The summed E-state index contributed by atoms with van der Waals surface area (Å²) in [7, 11) is 0. The van der Waals surface area contributed by atoms with Crippen LogP contribution in [0.15, 0.2) is 24.3 Å². The number of nitro benzene ring substituents is 1. The molecule has 0 spiro atoms. The van der Waals surface area contributed by atoms with E-state index in [1.54, 1.807) is 0 Å². The van der Waals surface area contributed by atoms with Crippen molar-refractivity contribution in [2.45, 2.75) is 10.9 Å². The lowest BCUT2D eigenvalue weighted by atomic mass is 10.0. The van der Waals surface area contributed by atoms with Gasteiger partial charge >= 0.3 is 0 Å². The second-order valence-electron chi connectivity index (χ2n) is 3.71. The van der Waals surface area contributed by atoms with Crippen molar-refractivity contribution in [3.05, 3.63) is 39.9 Å². The molecule has 1 unspecified atom stereocenters. The fourth-order valence-corrected chi connectivity index (χ4v) is 1.50. The molecule has 0 saturated heterocycles. The number of Topliss-reactive ketones (excluding diaryl/α,β-unsaturated/α-hetero) is 1. The van der Waals surface area contributed by atoms with Gasteiger partial charge in [-0.05, 0) is 12.1 Å². The lowest BCUT2D eigenvalue weighted by Crippen LogP contribution is -2.45. The average molecular weight is 321 g/mol. The molecule has 0 radical (unpaired) electrons. The van der Waals surface area contributed by atoms with Crippen LogP contribution in [-0.2, 0) is 4.79 Å². The first-order valence-electron chi connectivity index (χ1n) is 5.35. The van der Waals surface area contributed by atoms with E-state index >= 15 is 0 Å². The third-order valence-electron chi connectivity index (χ3n) is 2.38. The van der Waals surface area contributed by atoms with E-state index in [-0.39, 0.29) is 11.3 Å². The van der Waals surface area contributed by atoms with Gasteiger partial charge in [0.05, 0.1) is 11.5 Å². The molecular weight excluding hydrogens is 311 g/mol. The molecule has 0 bridgehead atoms. The van der Waals surface area contributed by atoms with Crippen molar-refractivity contribution in [2.75, 3.05) is 6.61 Å². The molecule has 108 valence electrons. The average Bonchev–Trinajstić information content (AvgIpc) is 2.43. The third-order valence-corrected chi connectivity index (χ3v) is 2.77. The van der Waals surface area contributed by atoms with Crippen LogP contribution < -0.4 is 5.32 Å². The van der Waals surface area contributed by atoms with E-state index in [0.29, 0.717) is 0 Å². The quantitative estimate of drug-likeness (QED) is 0.352. The Hall–Kier alpha value is -1.70. The van der Waals surface area contributed by atoms with Gasteiger partial charge in [0.15, 0.2) is 10.6 Å². The van der Waals surface area contributed by atoms with Crippen molar-refractivity contribution in [1.29, 1.82) is 0 Å². The largest absolute Gasteiger partial charge is 0.394 e. The number of alkyl halides is 2. The smallest absolute Gasteiger partial charge is 0.269 e. The first kappa shape index (κ1) is 16.4. The molecule has 0 aliphatic heterocycles. The number of ketones is 1. The number of nitro groups is 1. The van der Waals surface area contributed by atoms with Crippen molar-refractivity contribution in [2.24, 2.45) is 0 Å². The second-order valence-corrected chi connectivity index (χ2v) is 4.81. The highest BCUT2D eigenvalue weighted by Crippen LogP contribution is 2.13. The predicted molar refractivity (Wildman–Crippen MR) is 71.9 cm³/mol. The van der Waals surface area contributed by atoms with Crippen molar-refractivity contribution in [3.63, 3.8) is 0 Å². The van der Waals surface area contributed by atoms with Gasteiger partial charge in [0.25, 0.3) is 11.6 Å². The minimum absolute atomic E-state index is 0.107. The molecule has 7 nitrogen and oxygen atoms in total. The summed E-state index contributed by atoms with van der Waals surface area (Å²) in [6.07, 6.45) is 0. The fourth-order valence-electron chi connectivity index (χ4n) is 1.38. The van der Waals surface area contributed by atoms with Gasteiger partial charge in [-0.1, -0.05) is 23.2 Å². The molecule has 0 aliphatic rings. The van der Waals surface area contributed by atoms with Gasteiger partial charge in [-0.3, -0.25) is 19.7 Å². The Morgan fingerprint density at radius 1 is 1.30 bits per heavy atom. The molecule has 9 heteroatoms. The molecule has 1 atom stereocenters. The van der Waals surface area contributed by atoms with Crippen LogP contribution in [0.2, 0.25) is 0 Å². The maximum absolute atomic E-state index is 12.0. The van der Waals surface area contributed by atoms with Gasteiger partial charge in [0, 0.05) is 17.7 Å². The van der Waals surface area contributed by atoms with E-state index in [4.69, 9.17) is 28.3 Å². The number of rotatable bonds is 6. The summed E-state index contributed by atoms with van der Waals surface area (Å²) in [5.41, 5.74) is -0.0663. The number of aliphatic hydroxyl groups excluding tert-OH is 1. The number of halogens is 2. The summed E-state index contributed by atoms with van der Waals surface area (Å²) in [6, 6.07) is 3.54. The molecule has 0 heterocycles. The van der Waals surface area contributed by atoms with Crippen molar-refractivity contribution >= 4 is 40.6 Å². The topological polar surface area (TPSA) is 110 Å². The molecular formula is C11H10Cl2N2O5. The molecule has 1 aromatic carbocycles. The van der Waals surface area contributed by atoms with Crippen LogP contribution in [-0.4, -0.2) is 39.2 Å². The molecule has 1 amide bonds. The number of aliphatic hydroxyl groups is 1. The number of hydrogen-bond donors (Lipinski definition) is 2. The second kappa shape index (κ2) is 7.18. The van der Waals surface area contributed by atoms with Crippen LogP contribution in [0.25, 0.3) is 0 Å². The molecule has 0 aliphatic carbocycles. The van der Waals surface area contributed by atoms with Crippen molar-refractivity contribution < 1.29 is 19.6 Å². The highest BCUT2D eigenvalue weighted by molar-refractivity contribution is 6.53. The number of carbonyl (C=O) groups is 2. The van der Waals surface area contributed by atoms with E-state index < -0.39 is 34.1 Å². The van der Waals surface area contributed by atoms with Crippen LogP contribution in [0.4, 0.5) is 5.69 Å². The maximum Gasteiger partial charge on any atom is 0.269 e. The summed E-state index contributed by atoms with van der Waals surface area (Å²) in [5, 5.41) is 21.8. The normalized spacial score (nSPS) is 12.0. The lowest BCUT2D eigenvalue weighted by Gasteiger charge is -2.15. The first-order chi connectivity index (χ1) is 9.36. The van der Waals surface area contributed by atoms with Gasteiger partial charge in [-0.25, -0.2) is 0 Å². The maximum atomic E-state index is 12.0. The molecule has 1 aromatic rings. The van der Waals surface area contributed by atoms with Crippen LogP contribution in [0.1, 0.15) is 10.4 Å². The minimum Gasteiger partial charge on any atom is -0.394 e. The number of nitrogens with one attached hydrogen (secondary N) is 1. The molecule has 0 saturated carbocycles. The Morgan fingerprint density at radius 3 is 2.25 bits per heavy atom. The molecule has 1 rings (SSSR count). The number of non-ortho nitro benzene ring substituents is 1. The fraction of sp³-hybridized carbons (Fsp3) is 0.273. The zero-order valence-corrected chi connectivity index (χ0v) is 11.5. The van der Waals surface area contributed by atoms with E-state index in [0.717, 1.165) is 12.1 Å². The number of carbonyl (C=O) groups excluding carboxylic acids is 2. The van der Waals surface area contributed by atoms with Gasteiger partial charge in [-0.2, -0.15) is 0 Å². The lowest BCUT2D eigenvalue weighted by molar-refractivity contribution is -0.384. The van der Waals surface area contributed by atoms with E-state index in [1.165, 1.54) is 12.1 Å². The number of hydrogen-bond acceptors (Lipinski definition) is 5. The van der Waals surface area contributed by atoms with Gasteiger partial charge in [0.2, 0.25) is 0 Å². The van der Waals surface area contributed by atoms with Gasteiger partial charge in [0.1, 0.15) is 6.04 Å². The molecule has 0 fully saturated rings. The summed E-state index contributed by atoms with van der Waals surface area (Å²) < 4.78 is 0. The van der Waals surface area contributed by atoms with Crippen LogP contribution in [0.3, 0.4) is 0 Å². The Balaban J connectivity index is 2.85. The van der Waals surface area contributed by atoms with Gasteiger partial charge in [-0.15, -0.1) is 0 Å². The third kappa shape index (κ3) is 4.16. The van der Waals surface area contributed by atoms with E-state index in [1.807, 2.05) is 0 Å². The first-order valence-corrected chi connectivity index (χ1v) is 6.22. The highest BCUT2D eigenvalue weighted by Gasteiger charge is 2.24.